The predicted octanol–water partition coefficient (Wildman–Crippen LogP) is 2.72. The second kappa shape index (κ2) is 6.62. The van der Waals surface area contributed by atoms with Gasteiger partial charge >= 0.3 is 5.97 Å². The zero-order chi connectivity index (χ0) is 16.2. The Bertz CT molecular complexity index is 767. The molecule has 0 aromatic heterocycles. The summed E-state index contributed by atoms with van der Waals surface area (Å²) in [6, 6.07) is 13.4. The first kappa shape index (κ1) is 16.0. The first-order valence-corrected chi connectivity index (χ1v) is 8.29. The lowest BCUT2D eigenvalue weighted by Crippen LogP contribution is -2.15. The van der Waals surface area contributed by atoms with Crippen molar-refractivity contribution in [3.63, 3.8) is 0 Å². The van der Waals surface area contributed by atoms with Crippen LogP contribution in [0.25, 0.3) is 0 Å². The van der Waals surface area contributed by atoms with Gasteiger partial charge in [0.25, 0.3) is 0 Å². The Morgan fingerprint density at radius 1 is 1.14 bits per heavy atom. The lowest BCUT2D eigenvalue weighted by molar-refractivity contribution is 0.0600. The maximum absolute atomic E-state index is 12.2. The van der Waals surface area contributed by atoms with Gasteiger partial charge in [-0.25, -0.2) is 13.2 Å². The van der Waals surface area contributed by atoms with E-state index in [0.717, 1.165) is 5.56 Å². The molecule has 1 N–H and O–H groups in total. The molecular formula is C16H17NO4S. The van der Waals surface area contributed by atoms with Crippen molar-refractivity contribution in [3.8, 4) is 0 Å². The molecule has 0 bridgehead atoms. The lowest BCUT2D eigenvalue weighted by atomic mass is 10.1. The van der Waals surface area contributed by atoms with Crippen molar-refractivity contribution in [1.29, 1.82) is 0 Å². The van der Waals surface area contributed by atoms with Gasteiger partial charge in [0.05, 0.1) is 18.4 Å². The molecule has 0 fully saturated rings. The van der Waals surface area contributed by atoms with Crippen LogP contribution in [0.1, 0.15) is 21.5 Å². The van der Waals surface area contributed by atoms with E-state index in [0.29, 0.717) is 16.8 Å². The molecule has 0 amide bonds. The van der Waals surface area contributed by atoms with Crippen LogP contribution in [0.5, 0.6) is 0 Å². The van der Waals surface area contributed by atoms with E-state index in [-0.39, 0.29) is 5.75 Å². The maximum atomic E-state index is 12.2. The third-order valence-corrected chi connectivity index (χ3v) is 4.28. The molecule has 0 aliphatic carbocycles. The van der Waals surface area contributed by atoms with E-state index in [9.17, 15) is 13.2 Å². The van der Waals surface area contributed by atoms with Gasteiger partial charge in [0.15, 0.2) is 0 Å². The second-order valence-electron chi connectivity index (χ2n) is 4.92. The van der Waals surface area contributed by atoms with Crippen LogP contribution in [0.2, 0.25) is 0 Å². The fraction of sp³-hybridized carbons (Fsp3) is 0.188. The van der Waals surface area contributed by atoms with Crippen LogP contribution in [0, 0.1) is 6.92 Å². The van der Waals surface area contributed by atoms with Gasteiger partial charge in [-0.3, -0.25) is 4.72 Å². The van der Waals surface area contributed by atoms with Crippen molar-refractivity contribution in [3.05, 3.63) is 65.2 Å². The maximum Gasteiger partial charge on any atom is 0.337 e. The van der Waals surface area contributed by atoms with Gasteiger partial charge in [0, 0.05) is 5.69 Å². The summed E-state index contributed by atoms with van der Waals surface area (Å²) < 4.78 is 31.4. The van der Waals surface area contributed by atoms with Crippen molar-refractivity contribution in [2.75, 3.05) is 11.8 Å². The van der Waals surface area contributed by atoms with Crippen molar-refractivity contribution in [2.45, 2.75) is 12.7 Å². The van der Waals surface area contributed by atoms with Crippen molar-refractivity contribution in [1.82, 2.24) is 0 Å². The summed E-state index contributed by atoms with van der Waals surface area (Å²) in [5.41, 5.74) is 2.48. The number of sulfonamides is 1. The number of carbonyl (C=O) groups excluding carboxylic acids is 1. The van der Waals surface area contributed by atoms with Gasteiger partial charge < -0.3 is 4.74 Å². The molecule has 0 saturated heterocycles. The van der Waals surface area contributed by atoms with Crippen molar-refractivity contribution >= 4 is 21.7 Å². The van der Waals surface area contributed by atoms with Crippen LogP contribution in [-0.2, 0) is 20.5 Å². The molecule has 0 saturated carbocycles. The van der Waals surface area contributed by atoms with Crippen LogP contribution in [0.4, 0.5) is 5.69 Å². The SMILES string of the molecule is COC(=O)c1ccc(CS(=O)(=O)Nc2cccc(C)c2)cc1. The number of esters is 1. The highest BCUT2D eigenvalue weighted by atomic mass is 32.2. The van der Waals surface area contributed by atoms with Crippen LogP contribution in [0.15, 0.2) is 48.5 Å². The number of aryl methyl sites for hydroxylation is 1. The van der Waals surface area contributed by atoms with E-state index in [2.05, 4.69) is 9.46 Å². The Labute approximate surface area is 130 Å². The number of ether oxygens (including phenoxy) is 1. The van der Waals surface area contributed by atoms with E-state index in [1.54, 1.807) is 42.5 Å². The highest BCUT2D eigenvalue weighted by Crippen LogP contribution is 2.15. The van der Waals surface area contributed by atoms with E-state index < -0.39 is 16.0 Å². The number of hydrogen-bond acceptors (Lipinski definition) is 4. The Morgan fingerprint density at radius 2 is 1.82 bits per heavy atom. The highest BCUT2D eigenvalue weighted by Gasteiger charge is 2.13. The monoisotopic (exact) mass is 319 g/mol. The van der Waals surface area contributed by atoms with Gasteiger partial charge in [0.1, 0.15) is 0 Å². The smallest absolute Gasteiger partial charge is 0.337 e. The number of rotatable bonds is 5. The minimum Gasteiger partial charge on any atom is -0.465 e. The Hall–Kier alpha value is -2.34. The lowest BCUT2D eigenvalue weighted by Gasteiger charge is -2.09. The normalized spacial score (nSPS) is 11.0. The Balaban J connectivity index is 2.10. The highest BCUT2D eigenvalue weighted by molar-refractivity contribution is 7.91. The summed E-state index contributed by atoms with van der Waals surface area (Å²) in [5, 5.41) is 0. The summed E-state index contributed by atoms with van der Waals surface area (Å²) >= 11 is 0. The molecule has 116 valence electrons. The zero-order valence-corrected chi connectivity index (χ0v) is 13.2. The van der Waals surface area contributed by atoms with Gasteiger partial charge in [-0.1, -0.05) is 24.3 Å². The molecule has 0 radical (unpaired) electrons. The Morgan fingerprint density at radius 3 is 2.41 bits per heavy atom. The van der Waals surface area contributed by atoms with Gasteiger partial charge in [-0.2, -0.15) is 0 Å². The van der Waals surface area contributed by atoms with Gasteiger partial charge in [-0.05, 0) is 42.3 Å². The van der Waals surface area contributed by atoms with E-state index >= 15 is 0 Å². The number of hydrogen-bond donors (Lipinski definition) is 1. The first-order valence-electron chi connectivity index (χ1n) is 6.64. The molecule has 0 spiro atoms. The fourth-order valence-corrected chi connectivity index (χ4v) is 3.19. The fourth-order valence-electron chi connectivity index (χ4n) is 2.00. The minimum atomic E-state index is -3.51. The molecule has 0 aliphatic heterocycles. The third-order valence-electron chi connectivity index (χ3n) is 3.02. The zero-order valence-electron chi connectivity index (χ0n) is 12.4. The molecule has 22 heavy (non-hydrogen) atoms. The summed E-state index contributed by atoms with van der Waals surface area (Å²) in [6.45, 7) is 1.89. The number of nitrogens with one attached hydrogen (secondary N) is 1. The molecule has 0 atom stereocenters. The molecule has 6 heteroatoms. The number of anilines is 1. The van der Waals surface area contributed by atoms with Crippen molar-refractivity contribution < 1.29 is 17.9 Å². The van der Waals surface area contributed by atoms with E-state index in [1.165, 1.54) is 7.11 Å². The number of carbonyl (C=O) groups is 1. The molecule has 0 aliphatic rings. The summed E-state index contributed by atoms with van der Waals surface area (Å²) in [7, 11) is -2.21. The number of methoxy groups -OCH3 is 1. The van der Waals surface area contributed by atoms with Gasteiger partial charge in [-0.15, -0.1) is 0 Å². The Kier molecular flexibility index (Phi) is 4.82. The van der Waals surface area contributed by atoms with Crippen LogP contribution in [-0.4, -0.2) is 21.5 Å². The average molecular weight is 319 g/mol. The van der Waals surface area contributed by atoms with Crippen LogP contribution < -0.4 is 4.72 Å². The number of benzene rings is 2. The first-order chi connectivity index (χ1) is 10.4. The molecule has 2 aromatic rings. The quantitative estimate of drug-likeness (QED) is 0.860. The summed E-state index contributed by atoms with van der Waals surface area (Å²) in [6.07, 6.45) is 0. The molecule has 0 unspecified atom stereocenters. The molecule has 2 rings (SSSR count). The second-order valence-corrected chi connectivity index (χ2v) is 6.64. The van der Waals surface area contributed by atoms with Gasteiger partial charge in [0.2, 0.25) is 10.0 Å². The standard InChI is InChI=1S/C16H17NO4S/c1-12-4-3-5-15(10-12)17-22(19,20)11-13-6-8-14(9-7-13)16(18)21-2/h3-10,17H,11H2,1-2H3. The predicted molar refractivity (Wildman–Crippen MR) is 85.2 cm³/mol. The third kappa shape index (κ3) is 4.33. The topological polar surface area (TPSA) is 72.5 Å². The van der Waals surface area contributed by atoms with E-state index in [4.69, 9.17) is 0 Å². The van der Waals surface area contributed by atoms with E-state index in [1.807, 2.05) is 13.0 Å². The van der Waals surface area contributed by atoms with Crippen molar-refractivity contribution in [2.24, 2.45) is 0 Å². The minimum absolute atomic E-state index is 0.164. The summed E-state index contributed by atoms with van der Waals surface area (Å²) in [4.78, 5) is 11.3. The molecule has 0 heterocycles. The average Bonchev–Trinajstić information content (AvgIpc) is 2.46. The summed E-state index contributed by atoms with van der Waals surface area (Å²) in [5.74, 6) is -0.616. The molecular weight excluding hydrogens is 302 g/mol. The molecule has 5 nitrogen and oxygen atoms in total. The van der Waals surface area contributed by atoms with Crippen LogP contribution in [0.3, 0.4) is 0 Å². The molecule has 2 aromatic carbocycles. The largest absolute Gasteiger partial charge is 0.465 e. The van der Waals surface area contributed by atoms with Crippen LogP contribution >= 0.6 is 0 Å².